The number of nitrogens with one attached hydrogen (secondary N) is 1. The minimum Gasteiger partial charge on any atom is -0.347 e. The largest absolute Gasteiger partial charge is 0.347 e. The fourth-order valence-electron chi connectivity index (χ4n) is 3.76. The van der Waals surface area contributed by atoms with Crippen LogP contribution in [-0.4, -0.2) is 48.7 Å². The molecule has 0 bridgehead atoms. The fourth-order valence-corrected chi connectivity index (χ4v) is 3.76. The molecule has 0 amide bonds. The van der Waals surface area contributed by atoms with E-state index in [1.165, 1.54) is 40.7 Å². The van der Waals surface area contributed by atoms with Gasteiger partial charge in [-0.3, -0.25) is 0 Å². The molecule has 3 N–H and O–H groups in total. The van der Waals surface area contributed by atoms with Crippen molar-refractivity contribution in [2.75, 3.05) is 39.3 Å². The van der Waals surface area contributed by atoms with Gasteiger partial charge in [0.1, 0.15) is 0 Å². The third kappa shape index (κ3) is 3.77. The first-order valence-corrected chi connectivity index (χ1v) is 8.91. The first kappa shape index (κ1) is 16.5. The average molecular weight is 314 g/mol. The molecule has 0 unspecified atom stereocenters. The van der Waals surface area contributed by atoms with Gasteiger partial charge in [0, 0.05) is 50.9 Å². The second-order valence-electron chi connectivity index (χ2n) is 6.81. The number of fused-ring (bicyclic) bond motifs is 1. The van der Waals surface area contributed by atoms with Crippen molar-refractivity contribution in [3.8, 4) is 0 Å². The minimum absolute atomic E-state index is 0.751. The van der Waals surface area contributed by atoms with Crippen molar-refractivity contribution in [3.63, 3.8) is 0 Å². The molecule has 1 aromatic heterocycles. The highest BCUT2D eigenvalue weighted by atomic mass is 15.2. The molecular weight excluding hydrogens is 284 g/mol. The van der Waals surface area contributed by atoms with Crippen molar-refractivity contribution < 1.29 is 0 Å². The monoisotopic (exact) mass is 314 g/mol. The average Bonchev–Trinajstić information content (AvgIpc) is 2.90. The zero-order valence-corrected chi connectivity index (χ0v) is 14.6. The van der Waals surface area contributed by atoms with Gasteiger partial charge >= 0.3 is 0 Å². The summed E-state index contributed by atoms with van der Waals surface area (Å²) < 4.78 is 2.42. The molecule has 1 aliphatic heterocycles. The van der Waals surface area contributed by atoms with Gasteiger partial charge in [-0.2, -0.15) is 0 Å². The Bertz CT molecular complexity index is 653. The van der Waals surface area contributed by atoms with Crippen molar-refractivity contribution in [2.45, 2.75) is 33.2 Å². The molecular formula is C19H30N4. The van der Waals surface area contributed by atoms with Gasteiger partial charge in [-0.15, -0.1) is 0 Å². The molecule has 3 rings (SSSR count). The molecule has 1 saturated heterocycles. The number of benzene rings is 1. The zero-order valence-electron chi connectivity index (χ0n) is 14.6. The minimum atomic E-state index is 0.751. The van der Waals surface area contributed by atoms with Crippen molar-refractivity contribution >= 4 is 10.9 Å². The van der Waals surface area contributed by atoms with Crippen LogP contribution < -0.4 is 11.1 Å². The third-order valence-corrected chi connectivity index (χ3v) is 4.90. The quantitative estimate of drug-likeness (QED) is 0.858. The van der Waals surface area contributed by atoms with Crippen LogP contribution in [0.2, 0.25) is 0 Å². The Hall–Kier alpha value is -1.36. The molecule has 0 saturated carbocycles. The number of aromatic nitrogens is 1. The summed E-state index contributed by atoms with van der Waals surface area (Å²) >= 11 is 0. The molecule has 2 aromatic rings. The Morgan fingerprint density at radius 1 is 1.13 bits per heavy atom. The second kappa shape index (κ2) is 7.47. The highest BCUT2D eigenvalue weighted by Gasteiger charge is 2.14. The molecule has 126 valence electrons. The Balaban J connectivity index is 1.85. The number of nitrogens with two attached hydrogens (primary N) is 1. The first-order valence-electron chi connectivity index (χ1n) is 8.91. The molecule has 1 aliphatic rings. The van der Waals surface area contributed by atoms with Gasteiger partial charge in [0.25, 0.3) is 0 Å². The number of aryl methyl sites for hydroxylation is 3. The number of hydrogen-bond acceptors (Lipinski definition) is 3. The molecule has 0 spiro atoms. The molecule has 1 fully saturated rings. The van der Waals surface area contributed by atoms with E-state index in [2.05, 4.69) is 47.0 Å². The van der Waals surface area contributed by atoms with Crippen LogP contribution in [0.15, 0.2) is 18.3 Å². The zero-order chi connectivity index (χ0) is 16.2. The number of nitrogens with zero attached hydrogens (tertiary/aromatic N) is 2. The highest BCUT2D eigenvalue weighted by molar-refractivity contribution is 5.87. The third-order valence-electron chi connectivity index (χ3n) is 4.90. The van der Waals surface area contributed by atoms with Gasteiger partial charge in [0.2, 0.25) is 0 Å². The van der Waals surface area contributed by atoms with Gasteiger partial charge in [-0.05, 0) is 50.4 Å². The SMILES string of the molecule is Cc1cc(C)c2c(c1)c(CCN1CCNCC1)cn2CCCN. The van der Waals surface area contributed by atoms with E-state index in [4.69, 9.17) is 5.73 Å². The van der Waals surface area contributed by atoms with Crippen molar-refractivity contribution in [2.24, 2.45) is 5.73 Å². The van der Waals surface area contributed by atoms with Crippen LogP contribution in [-0.2, 0) is 13.0 Å². The molecule has 23 heavy (non-hydrogen) atoms. The van der Waals surface area contributed by atoms with Gasteiger partial charge in [0.05, 0.1) is 5.52 Å². The van der Waals surface area contributed by atoms with Crippen LogP contribution in [0.25, 0.3) is 10.9 Å². The summed E-state index contributed by atoms with van der Waals surface area (Å²) in [5, 5.41) is 4.87. The Morgan fingerprint density at radius 3 is 2.65 bits per heavy atom. The maximum Gasteiger partial charge on any atom is 0.0513 e. The molecule has 0 atom stereocenters. The molecule has 0 radical (unpaired) electrons. The normalized spacial score (nSPS) is 16.3. The van der Waals surface area contributed by atoms with Crippen LogP contribution in [0.3, 0.4) is 0 Å². The molecule has 4 heteroatoms. The van der Waals surface area contributed by atoms with E-state index < -0.39 is 0 Å². The van der Waals surface area contributed by atoms with Crippen LogP contribution in [0, 0.1) is 13.8 Å². The Labute approximate surface area is 139 Å². The smallest absolute Gasteiger partial charge is 0.0513 e. The highest BCUT2D eigenvalue weighted by Crippen LogP contribution is 2.27. The lowest BCUT2D eigenvalue weighted by atomic mass is 10.0. The molecule has 1 aromatic carbocycles. The summed E-state index contributed by atoms with van der Waals surface area (Å²) in [6.07, 6.45) is 4.54. The number of hydrogen-bond donors (Lipinski definition) is 2. The predicted molar refractivity (Wildman–Crippen MR) is 98.1 cm³/mol. The summed E-state index contributed by atoms with van der Waals surface area (Å²) in [6, 6.07) is 4.65. The van der Waals surface area contributed by atoms with Crippen LogP contribution in [0.5, 0.6) is 0 Å². The van der Waals surface area contributed by atoms with E-state index >= 15 is 0 Å². The van der Waals surface area contributed by atoms with Gasteiger partial charge in [-0.25, -0.2) is 0 Å². The van der Waals surface area contributed by atoms with E-state index in [0.29, 0.717) is 0 Å². The van der Waals surface area contributed by atoms with Crippen LogP contribution in [0.4, 0.5) is 0 Å². The Kier molecular flexibility index (Phi) is 5.36. The molecule has 2 heterocycles. The van der Waals surface area contributed by atoms with E-state index in [0.717, 1.165) is 45.6 Å². The van der Waals surface area contributed by atoms with E-state index in [-0.39, 0.29) is 0 Å². The van der Waals surface area contributed by atoms with Gasteiger partial charge in [-0.1, -0.05) is 11.6 Å². The lowest BCUT2D eigenvalue weighted by Crippen LogP contribution is -2.44. The molecule has 4 nitrogen and oxygen atoms in total. The van der Waals surface area contributed by atoms with Crippen molar-refractivity contribution in [1.82, 2.24) is 14.8 Å². The van der Waals surface area contributed by atoms with Crippen molar-refractivity contribution in [1.29, 1.82) is 0 Å². The summed E-state index contributed by atoms with van der Waals surface area (Å²) in [5.41, 5.74) is 11.3. The summed E-state index contributed by atoms with van der Waals surface area (Å²) in [4.78, 5) is 2.57. The second-order valence-corrected chi connectivity index (χ2v) is 6.81. The van der Waals surface area contributed by atoms with Gasteiger partial charge in [0.15, 0.2) is 0 Å². The van der Waals surface area contributed by atoms with Crippen LogP contribution in [0.1, 0.15) is 23.1 Å². The van der Waals surface area contributed by atoms with Crippen molar-refractivity contribution in [3.05, 3.63) is 35.0 Å². The summed E-state index contributed by atoms with van der Waals surface area (Å²) in [5.74, 6) is 0. The number of rotatable bonds is 6. The number of piperazine rings is 1. The first-order chi connectivity index (χ1) is 11.2. The summed E-state index contributed by atoms with van der Waals surface area (Å²) in [6.45, 7) is 11.9. The van der Waals surface area contributed by atoms with E-state index in [9.17, 15) is 0 Å². The Morgan fingerprint density at radius 2 is 1.91 bits per heavy atom. The van der Waals surface area contributed by atoms with E-state index in [1.54, 1.807) is 0 Å². The fraction of sp³-hybridized carbons (Fsp3) is 0.579. The predicted octanol–water partition coefficient (Wildman–Crippen LogP) is 2.05. The maximum atomic E-state index is 5.72. The molecule has 0 aliphatic carbocycles. The van der Waals surface area contributed by atoms with Crippen LogP contribution >= 0.6 is 0 Å². The lowest BCUT2D eigenvalue weighted by Gasteiger charge is -2.26. The lowest BCUT2D eigenvalue weighted by molar-refractivity contribution is 0.244. The van der Waals surface area contributed by atoms with Gasteiger partial charge < -0.3 is 20.5 Å². The topological polar surface area (TPSA) is 46.2 Å². The van der Waals surface area contributed by atoms with E-state index in [1.807, 2.05) is 0 Å². The summed E-state index contributed by atoms with van der Waals surface area (Å²) in [7, 11) is 0. The standard InChI is InChI=1S/C19H30N4/c1-15-12-16(2)19-18(13-15)17(14-23(19)8-3-5-20)4-9-22-10-6-21-7-11-22/h12-14,21H,3-11,20H2,1-2H3. The maximum absolute atomic E-state index is 5.72.